The van der Waals surface area contributed by atoms with Crippen LogP contribution in [0.2, 0.25) is 0 Å². The quantitative estimate of drug-likeness (QED) is 0.680. The monoisotopic (exact) mass is 330 g/mol. The lowest BCUT2D eigenvalue weighted by Gasteiger charge is -2.36. The number of rotatable bonds is 3. The van der Waals surface area contributed by atoms with Crippen LogP contribution in [0.5, 0.6) is 0 Å². The molecule has 5 atom stereocenters. The van der Waals surface area contributed by atoms with E-state index in [1.54, 1.807) is 27.7 Å². The van der Waals surface area contributed by atoms with Crippen LogP contribution in [0, 0.1) is 0 Å². The largest absolute Gasteiger partial charge is 0.368 e. The van der Waals surface area contributed by atoms with Crippen molar-refractivity contribution in [3.63, 3.8) is 0 Å². The van der Waals surface area contributed by atoms with Gasteiger partial charge in [0.15, 0.2) is 24.0 Å². The van der Waals surface area contributed by atoms with Gasteiger partial charge in [0.1, 0.15) is 18.3 Å². The summed E-state index contributed by atoms with van der Waals surface area (Å²) in [4.78, 5) is 23.2. The van der Waals surface area contributed by atoms with Gasteiger partial charge < -0.3 is 34.7 Å². The first-order valence-corrected chi connectivity index (χ1v) is 7.51. The Morgan fingerprint density at radius 1 is 0.957 bits per heavy atom. The third-order valence-electron chi connectivity index (χ3n) is 3.85. The van der Waals surface area contributed by atoms with Crippen LogP contribution >= 0.6 is 0 Å². The van der Waals surface area contributed by atoms with Gasteiger partial charge in [-0.05, 0) is 27.7 Å². The van der Waals surface area contributed by atoms with Crippen LogP contribution in [-0.2, 0) is 33.3 Å². The Hall–Kier alpha value is -1.26. The Kier molecular flexibility index (Phi) is 3.88. The fourth-order valence-electron chi connectivity index (χ4n) is 3.10. The Labute approximate surface area is 133 Å². The summed E-state index contributed by atoms with van der Waals surface area (Å²) < 4.78 is 28.9. The van der Waals surface area contributed by atoms with E-state index in [2.05, 4.69) is 5.32 Å². The summed E-state index contributed by atoms with van der Waals surface area (Å²) in [5.74, 6) is -2.89. The number of hydrogen-bond acceptors (Lipinski definition) is 7. The molecule has 0 saturated carbocycles. The molecule has 3 saturated heterocycles. The number of primary amides is 1. The Balaban J connectivity index is 1.81. The third kappa shape index (κ3) is 3.20. The molecule has 0 spiro atoms. The van der Waals surface area contributed by atoms with Gasteiger partial charge in [0.25, 0.3) is 5.91 Å². The summed E-state index contributed by atoms with van der Waals surface area (Å²) in [6.07, 6.45) is -3.43. The second-order valence-corrected chi connectivity index (χ2v) is 6.77. The standard InChI is InChI=1S/C14H22N2O7/c1-13(2)20-7-8(21-13)10-12(23-14(3,4)22-10)19-9(7)11(18)16-5-6(15)17/h7-10,12H,5H2,1-4H3,(H2,15,17)(H,16,18)/t7-,8+,9+,10-,12-/m1/s1. The van der Waals surface area contributed by atoms with Crippen molar-refractivity contribution in [2.45, 2.75) is 70.0 Å². The van der Waals surface area contributed by atoms with Crippen molar-refractivity contribution in [3.05, 3.63) is 0 Å². The maximum Gasteiger partial charge on any atom is 0.252 e. The second-order valence-electron chi connectivity index (χ2n) is 6.77. The molecule has 3 aliphatic heterocycles. The van der Waals surface area contributed by atoms with Crippen LogP contribution in [0.3, 0.4) is 0 Å². The molecule has 0 aromatic rings. The fourth-order valence-corrected chi connectivity index (χ4v) is 3.10. The first-order chi connectivity index (χ1) is 10.6. The molecular weight excluding hydrogens is 308 g/mol. The zero-order valence-corrected chi connectivity index (χ0v) is 13.5. The topological polar surface area (TPSA) is 118 Å². The molecular formula is C14H22N2O7. The van der Waals surface area contributed by atoms with E-state index in [4.69, 9.17) is 29.4 Å². The van der Waals surface area contributed by atoms with Crippen LogP contribution in [0.25, 0.3) is 0 Å². The average Bonchev–Trinajstić information content (AvgIpc) is 2.89. The summed E-state index contributed by atoms with van der Waals surface area (Å²) in [5.41, 5.74) is 5.05. The minimum atomic E-state index is -0.986. The Bertz CT molecular complexity index is 521. The number of nitrogens with one attached hydrogen (secondary N) is 1. The van der Waals surface area contributed by atoms with Gasteiger partial charge in [0.05, 0.1) is 6.54 Å². The van der Waals surface area contributed by atoms with E-state index >= 15 is 0 Å². The van der Waals surface area contributed by atoms with E-state index in [-0.39, 0.29) is 6.54 Å². The normalized spacial score (nSPS) is 40.3. The lowest BCUT2D eigenvalue weighted by molar-refractivity contribution is -0.231. The van der Waals surface area contributed by atoms with Gasteiger partial charge in [0.2, 0.25) is 5.91 Å². The molecule has 0 aromatic carbocycles. The number of carbonyl (C=O) groups excluding carboxylic acids is 2. The summed E-state index contributed by atoms with van der Waals surface area (Å²) in [5, 5.41) is 2.42. The molecule has 2 amide bonds. The lowest BCUT2D eigenvalue weighted by Crippen LogP contribution is -2.59. The van der Waals surface area contributed by atoms with E-state index < -0.39 is 54.1 Å². The molecule has 9 heteroatoms. The molecule has 3 aliphatic rings. The average molecular weight is 330 g/mol. The molecule has 3 rings (SSSR count). The summed E-state index contributed by atoms with van der Waals surface area (Å²) in [6.45, 7) is 6.73. The van der Waals surface area contributed by atoms with E-state index in [0.717, 1.165) is 0 Å². The smallest absolute Gasteiger partial charge is 0.252 e. The second kappa shape index (κ2) is 5.38. The van der Waals surface area contributed by atoms with Crippen molar-refractivity contribution in [2.75, 3.05) is 6.54 Å². The van der Waals surface area contributed by atoms with E-state index in [9.17, 15) is 9.59 Å². The molecule has 0 aliphatic carbocycles. The van der Waals surface area contributed by atoms with Gasteiger partial charge in [-0.15, -0.1) is 0 Å². The number of fused-ring (bicyclic) bond motifs is 3. The van der Waals surface area contributed by atoms with Gasteiger partial charge >= 0.3 is 0 Å². The van der Waals surface area contributed by atoms with Crippen LogP contribution in [0.4, 0.5) is 0 Å². The van der Waals surface area contributed by atoms with Crippen LogP contribution < -0.4 is 11.1 Å². The van der Waals surface area contributed by atoms with Crippen LogP contribution in [0.1, 0.15) is 27.7 Å². The van der Waals surface area contributed by atoms with Gasteiger partial charge in [-0.2, -0.15) is 0 Å². The van der Waals surface area contributed by atoms with Gasteiger partial charge in [-0.3, -0.25) is 9.59 Å². The number of nitrogens with two attached hydrogens (primary N) is 1. The molecule has 23 heavy (non-hydrogen) atoms. The van der Waals surface area contributed by atoms with E-state index in [0.29, 0.717) is 0 Å². The van der Waals surface area contributed by atoms with E-state index in [1.165, 1.54) is 0 Å². The van der Waals surface area contributed by atoms with Crippen molar-refractivity contribution >= 4 is 11.8 Å². The maximum atomic E-state index is 12.3. The van der Waals surface area contributed by atoms with Crippen molar-refractivity contribution in [2.24, 2.45) is 5.73 Å². The van der Waals surface area contributed by atoms with Crippen molar-refractivity contribution in [1.82, 2.24) is 5.32 Å². The number of hydrogen-bond donors (Lipinski definition) is 2. The molecule has 9 nitrogen and oxygen atoms in total. The highest BCUT2D eigenvalue weighted by Gasteiger charge is 2.62. The van der Waals surface area contributed by atoms with Crippen LogP contribution in [-0.4, -0.2) is 60.6 Å². The highest BCUT2D eigenvalue weighted by molar-refractivity contribution is 5.86. The molecule has 0 unspecified atom stereocenters. The minimum absolute atomic E-state index is 0.280. The van der Waals surface area contributed by atoms with E-state index in [1.807, 2.05) is 0 Å². The predicted molar refractivity (Wildman–Crippen MR) is 74.7 cm³/mol. The number of ether oxygens (including phenoxy) is 5. The first kappa shape index (κ1) is 16.6. The highest BCUT2D eigenvalue weighted by atomic mass is 16.9. The third-order valence-corrected chi connectivity index (χ3v) is 3.85. The molecule has 3 N–H and O–H groups in total. The maximum absolute atomic E-state index is 12.3. The minimum Gasteiger partial charge on any atom is -0.368 e. The highest BCUT2D eigenvalue weighted by Crippen LogP contribution is 2.44. The van der Waals surface area contributed by atoms with Gasteiger partial charge in [0, 0.05) is 0 Å². The number of amides is 2. The van der Waals surface area contributed by atoms with Crippen molar-refractivity contribution in [1.29, 1.82) is 0 Å². The molecule has 130 valence electrons. The molecule has 0 bridgehead atoms. The van der Waals surface area contributed by atoms with Crippen molar-refractivity contribution < 1.29 is 33.3 Å². The summed E-state index contributed by atoms with van der Waals surface area (Å²) in [6, 6.07) is 0. The predicted octanol–water partition coefficient (Wildman–Crippen LogP) is -1.02. The molecule has 3 fully saturated rings. The molecule has 0 aromatic heterocycles. The molecule has 0 radical (unpaired) electrons. The Morgan fingerprint density at radius 3 is 2.17 bits per heavy atom. The lowest BCUT2D eigenvalue weighted by atomic mass is 9.98. The summed E-state index contributed by atoms with van der Waals surface area (Å²) >= 11 is 0. The van der Waals surface area contributed by atoms with Crippen molar-refractivity contribution in [3.8, 4) is 0 Å². The number of carbonyl (C=O) groups is 2. The van der Waals surface area contributed by atoms with Gasteiger partial charge in [-0.1, -0.05) is 0 Å². The summed E-state index contributed by atoms with van der Waals surface area (Å²) in [7, 11) is 0. The SMILES string of the molecule is CC1(C)O[C@H]2[C@@H](O1)[C@@H](C(=O)NCC(N)=O)O[C@@H]1OC(C)(C)O[C@@H]12. The fraction of sp³-hybridized carbons (Fsp3) is 0.857. The zero-order chi connectivity index (χ0) is 17.0. The first-order valence-electron chi connectivity index (χ1n) is 7.51. The van der Waals surface area contributed by atoms with Gasteiger partial charge in [-0.25, -0.2) is 0 Å². The zero-order valence-electron chi connectivity index (χ0n) is 13.5. The van der Waals surface area contributed by atoms with Crippen LogP contribution in [0.15, 0.2) is 0 Å². The Morgan fingerprint density at radius 2 is 1.52 bits per heavy atom. The molecule has 3 heterocycles.